The second kappa shape index (κ2) is 9.40. The number of fused-ring (bicyclic) bond motifs is 2. The molecule has 192 valence electrons. The number of halogens is 1. The number of carbonyl (C=O) groups is 1. The molecule has 4 N–H and O–H groups in total. The number of nitrogens with one attached hydrogen (secondary N) is 2. The molecule has 0 bridgehead atoms. The second-order valence-corrected chi connectivity index (χ2v) is 10.1. The molecular weight excluding hydrogens is 504 g/mol. The minimum atomic E-state index is -1.19. The first-order chi connectivity index (χ1) is 18.4. The van der Waals surface area contributed by atoms with Gasteiger partial charge < -0.3 is 25.4 Å². The number of nitrogens with zero attached hydrogens (tertiary/aromatic N) is 4. The molecular formula is C28H25ClN6O3. The smallest absolute Gasteiger partial charge is 0.229 e. The molecule has 2 fully saturated rings. The van der Waals surface area contributed by atoms with Crippen LogP contribution in [0.15, 0.2) is 60.9 Å². The molecule has 6 rings (SSSR count). The van der Waals surface area contributed by atoms with E-state index in [0.717, 1.165) is 11.1 Å². The zero-order valence-electron chi connectivity index (χ0n) is 20.5. The van der Waals surface area contributed by atoms with Crippen molar-refractivity contribution in [3.63, 3.8) is 0 Å². The number of aromatic nitrogens is 4. The van der Waals surface area contributed by atoms with Crippen LogP contribution in [0.2, 0.25) is 5.02 Å². The number of rotatable bonds is 5. The Bertz CT molecular complexity index is 1600. The predicted molar refractivity (Wildman–Crippen MR) is 142 cm³/mol. The van der Waals surface area contributed by atoms with Gasteiger partial charge in [-0.25, -0.2) is 15.0 Å². The lowest BCUT2D eigenvalue weighted by atomic mass is 9.98. The average Bonchev–Trinajstić information content (AvgIpc) is 3.47. The quantitative estimate of drug-likeness (QED) is 0.293. The van der Waals surface area contributed by atoms with Gasteiger partial charge in [-0.2, -0.15) is 0 Å². The van der Waals surface area contributed by atoms with Gasteiger partial charge in [-0.1, -0.05) is 47.9 Å². The van der Waals surface area contributed by atoms with Crippen molar-refractivity contribution < 1.29 is 15.0 Å². The van der Waals surface area contributed by atoms with Crippen molar-refractivity contribution in [2.45, 2.75) is 31.2 Å². The van der Waals surface area contributed by atoms with Crippen LogP contribution in [0.4, 0.5) is 5.82 Å². The number of aliphatic hydroxyl groups excluding tert-OH is 2. The van der Waals surface area contributed by atoms with Crippen LogP contribution < -0.4 is 10.6 Å². The molecule has 1 amide bonds. The van der Waals surface area contributed by atoms with Crippen LogP contribution in [0.3, 0.4) is 0 Å². The van der Waals surface area contributed by atoms with E-state index in [-0.39, 0.29) is 17.6 Å². The highest BCUT2D eigenvalue weighted by Gasteiger charge is 2.75. The summed E-state index contributed by atoms with van der Waals surface area (Å²) >= 11 is 6.15. The van der Waals surface area contributed by atoms with Crippen LogP contribution in [0, 0.1) is 23.2 Å². The zero-order chi connectivity index (χ0) is 26.4. The van der Waals surface area contributed by atoms with Crippen LogP contribution in [-0.4, -0.2) is 54.9 Å². The third-order valence-electron chi connectivity index (χ3n) is 7.51. The Hall–Kier alpha value is -3.97. The minimum absolute atomic E-state index is 0.249. The fourth-order valence-electron chi connectivity index (χ4n) is 5.58. The highest BCUT2D eigenvalue weighted by molar-refractivity contribution is 6.30. The number of amides is 1. The van der Waals surface area contributed by atoms with Crippen molar-refractivity contribution in [3.8, 4) is 11.8 Å². The molecule has 2 saturated carbocycles. The summed E-state index contributed by atoms with van der Waals surface area (Å²) in [5.41, 5.74) is 1.73. The van der Waals surface area contributed by atoms with E-state index < -0.39 is 23.7 Å². The summed E-state index contributed by atoms with van der Waals surface area (Å²) in [5.74, 6) is 6.36. The number of imidazole rings is 1. The van der Waals surface area contributed by atoms with Crippen molar-refractivity contribution in [1.82, 2.24) is 24.8 Å². The van der Waals surface area contributed by atoms with E-state index in [9.17, 15) is 15.0 Å². The molecule has 2 heterocycles. The summed E-state index contributed by atoms with van der Waals surface area (Å²) in [5, 5.41) is 28.4. The van der Waals surface area contributed by atoms with Gasteiger partial charge in [0.25, 0.3) is 0 Å². The molecule has 0 spiro atoms. The number of hydrogen-bond acceptors (Lipinski definition) is 7. The summed E-state index contributed by atoms with van der Waals surface area (Å²) in [7, 11) is 1.54. The number of anilines is 1. The maximum atomic E-state index is 12.6. The van der Waals surface area contributed by atoms with E-state index in [2.05, 4.69) is 37.4 Å². The summed E-state index contributed by atoms with van der Waals surface area (Å²) < 4.78 is 1.74. The summed E-state index contributed by atoms with van der Waals surface area (Å²) in [4.78, 5) is 26.5. The van der Waals surface area contributed by atoms with E-state index in [1.807, 2.05) is 54.6 Å². The van der Waals surface area contributed by atoms with Gasteiger partial charge in [-0.15, -0.1) is 0 Å². The first-order valence-electron chi connectivity index (χ1n) is 12.3. The fourth-order valence-corrected chi connectivity index (χ4v) is 5.80. The third kappa shape index (κ3) is 3.98. The Morgan fingerprint density at radius 2 is 1.97 bits per heavy atom. The maximum Gasteiger partial charge on any atom is 0.229 e. The lowest BCUT2D eigenvalue weighted by Crippen LogP contribution is -2.41. The molecule has 2 aromatic carbocycles. The monoisotopic (exact) mass is 528 g/mol. The standard InChI is InChI=1S/C28H25ClN6O3/c1-30-27(38)28-13-19(28)22(23(36)24(28)37)35-15-32-21-25(31-14-17-8-5-9-18(29)12-17)33-20(34-26(21)35)11-10-16-6-3-2-4-7-16/h2-9,12,15,19,22-24,36-37H,13-14H2,1H3,(H,30,38)(H,31,33,34)/t19?,22-,23?,24+,28-/m1/s1. The van der Waals surface area contributed by atoms with Gasteiger partial charge in [0.1, 0.15) is 6.10 Å². The third-order valence-corrected chi connectivity index (χ3v) is 7.74. The Kier molecular flexibility index (Phi) is 6.03. The van der Waals surface area contributed by atoms with Crippen molar-refractivity contribution in [3.05, 3.63) is 82.9 Å². The Labute approximate surface area is 223 Å². The average molecular weight is 529 g/mol. The number of hydrogen-bond donors (Lipinski definition) is 4. The maximum absolute atomic E-state index is 12.6. The van der Waals surface area contributed by atoms with Crippen LogP contribution >= 0.6 is 11.6 Å². The van der Waals surface area contributed by atoms with Gasteiger partial charge in [-0.3, -0.25) is 4.79 Å². The number of carbonyl (C=O) groups excluding carboxylic acids is 1. The van der Waals surface area contributed by atoms with Gasteiger partial charge in [0, 0.05) is 30.1 Å². The van der Waals surface area contributed by atoms with Gasteiger partial charge in [-0.05, 0) is 42.2 Å². The molecule has 2 aromatic heterocycles. The Morgan fingerprint density at radius 3 is 2.74 bits per heavy atom. The van der Waals surface area contributed by atoms with Crippen LogP contribution in [0.5, 0.6) is 0 Å². The van der Waals surface area contributed by atoms with Crippen molar-refractivity contribution in [2.75, 3.05) is 12.4 Å². The molecule has 0 saturated heterocycles. The van der Waals surface area contributed by atoms with Crippen LogP contribution in [0.25, 0.3) is 11.2 Å². The lowest BCUT2D eigenvalue weighted by molar-refractivity contribution is -0.132. The summed E-state index contributed by atoms with van der Waals surface area (Å²) in [6.07, 6.45) is -0.285. The molecule has 38 heavy (non-hydrogen) atoms. The van der Waals surface area contributed by atoms with Crippen molar-refractivity contribution in [2.24, 2.45) is 11.3 Å². The van der Waals surface area contributed by atoms with E-state index in [4.69, 9.17) is 11.6 Å². The largest absolute Gasteiger partial charge is 0.389 e. The van der Waals surface area contributed by atoms with E-state index >= 15 is 0 Å². The highest BCUT2D eigenvalue weighted by atomic mass is 35.5. The fraction of sp³-hybridized carbons (Fsp3) is 0.286. The predicted octanol–water partition coefficient (Wildman–Crippen LogP) is 2.52. The topological polar surface area (TPSA) is 125 Å². The minimum Gasteiger partial charge on any atom is -0.389 e. The number of aliphatic hydroxyl groups is 2. The zero-order valence-corrected chi connectivity index (χ0v) is 21.2. The van der Waals surface area contributed by atoms with E-state index in [1.54, 1.807) is 10.9 Å². The molecule has 0 radical (unpaired) electrons. The van der Waals surface area contributed by atoms with Gasteiger partial charge in [0.2, 0.25) is 11.7 Å². The van der Waals surface area contributed by atoms with Gasteiger partial charge >= 0.3 is 0 Å². The summed E-state index contributed by atoms with van der Waals surface area (Å²) in [6.45, 7) is 0.443. The lowest BCUT2D eigenvalue weighted by Gasteiger charge is -2.23. The molecule has 4 aromatic rings. The highest BCUT2D eigenvalue weighted by Crippen LogP contribution is 2.67. The first-order valence-corrected chi connectivity index (χ1v) is 12.7. The van der Waals surface area contributed by atoms with Gasteiger partial charge in [0.15, 0.2) is 17.0 Å². The molecule has 10 heteroatoms. The van der Waals surface area contributed by atoms with Crippen LogP contribution in [0.1, 0.15) is 29.4 Å². The van der Waals surface area contributed by atoms with E-state index in [1.165, 1.54) is 7.05 Å². The second-order valence-electron chi connectivity index (χ2n) is 9.68. The molecule has 2 aliphatic carbocycles. The number of benzene rings is 2. The molecule has 0 aliphatic heterocycles. The SMILES string of the molecule is CNC(=O)[C@]12CC1[C@@H](n1cnc3c(NCc4cccc(Cl)c4)nc(C#Cc4ccccc4)nc31)C(O)[C@@H]2O. The van der Waals surface area contributed by atoms with Gasteiger partial charge in [0.05, 0.1) is 23.9 Å². The summed E-state index contributed by atoms with van der Waals surface area (Å²) in [6, 6.07) is 16.5. The van der Waals surface area contributed by atoms with Crippen molar-refractivity contribution in [1.29, 1.82) is 0 Å². The van der Waals surface area contributed by atoms with Crippen LogP contribution in [-0.2, 0) is 11.3 Å². The molecule has 2 unspecified atom stereocenters. The van der Waals surface area contributed by atoms with E-state index in [0.29, 0.717) is 35.0 Å². The Balaban J connectivity index is 1.41. The molecule has 2 aliphatic rings. The molecule has 9 nitrogen and oxygen atoms in total. The first kappa shape index (κ1) is 24.4. The van der Waals surface area contributed by atoms with Crippen molar-refractivity contribution >= 4 is 34.5 Å². The Morgan fingerprint density at radius 1 is 1.16 bits per heavy atom. The normalized spacial score (nSPS) is 25.4. The molecule has 5 atom stereocenters.